The summed E-state index contributed by atoms with van der Waals surface area (Å²) < 4.78 is 31.5. The van der Waals surface area contributed by atoms with Gasteiger partial charge in [0, 0.05) is 25.5 Å². The molecular weight excluding hydrogens is 268 g/mol. The molecule has 0 radical (unpaired) electrons. The van der Waals surface area contributed by atoms with Crippen molar-refractivity contribution in [3.05, 3.63) is 0 Å². The average molecular weight is 293 g/mol. The highest BCUT2D eigenvalue weighted by Crippen LogP contribution is 2.38. The molecule has 20 heavy (non-hydrogen) atoms. The van der Waals surface area contributed by atoms with Gasteiger partial charge in [-0.25, -0.2) is 13.6 Å². The minimum absolute atomic E-state index is 0.0331. The Morgan fingerprint density at radius 1 is 1.40 bits per heavy atom. The number of ether oxygens (including phenoxy) is 1. The van der Waals surface area contributed by atoms with Crippen molar-refractivity contribution in [2.75, 3.05) is 6.61 Å². The quantitative estimate of drug-likeness (QED) is 0.837. The lowest BCUT2D eigenvalue weighted by atomic mass is 9.81. The molecule has 118 valence electrons. The number of aliphatic hydroxyl groups excluding tert-OH is 1. The number of hydrogen-bond donors (Lipinski definition) is 2. The third-order valence-electron chi connectivity index (χ3n) is 3.47. The summed E-state index contributed by atoms with van der Waals surface area (Å²) in [5.74, 6) is -2.62. The van der Waals surface area contributed by atoms with Crippen LogP contribution in [0.15, 0.2) is 0 Å². The van der Waals surface area contributed by atoms with Gasteiger partial charge in [0.05, 0.1) is 0 Å². The smallest absolute Gasteiger partial charge is 0.407 e. The number of hydrogen-bond acceptors (Lipinski definition) is 3. The van der Waals surface area contributed by atoms with Crippen molar-refractivity contribution in [1.29, 1.82) is 0 Å². The molecule has 1 unspecified atom stereocenters. The molecule has 4 nitrogen and oxygen atoms in total. The zero-order valence-electron chi connectivity index (χ0n) is 12.4. The predicted molar refractivity (Wildman–Crippen MR) is 71.8 cm³/mol. The summed E-state index contributed by atoms with van der Waals surface area (Å²) in [6.45, 7) is 5.19. The Bertz CT molecular complexity index is 319. The Balaban J connectivity index is 2.54. The van der Waals surface area contributed by atoms with Gasteiger partial charge in [0.25, 0.3) is 0 Å². The van der Waals surface area contributed by atoms with Gasteiger partial charge in [-0.2, -0.15) is 0 Å². The van der Waals surface area contributed by atoms with E-state index in [0.717, 1.165) is 0 Å². The van der Waals surface area contributed by atoms with Gasteiger partial charge in [0.15, 0.2) is 0 Å². The minimum Gasteiger partial charge on any atom is -0.444 e. The normalized spacial score (nSPS) is 21.3. The highest BCUT2D eigenvalue weighted by molar-refractivity contribution is 5.68. The molecule has 1 saturated carbocycles. The molecule has 0 saturated heterocycles. The van der Waals surface area contributed by atoms with Crippen molar-refractivity contribution in [3.63, 3.8) is 0 Å². The van der Waals surface area contributed by atoms with Crippen molar-refractivity contribution >= 4 is 6.09 Å². The first-order valence-corrected chi connectivity index (χ1v) is 7.11. The van der Waals surface area contributed by atoms with Gasteiger partial charge in [-0.05, 0) is 46.0 Å². The van der Waals surface area contributed by atoms with Gasteiger partial charge in [0.2, 0.25) is 5.92 Å². The van der Waals surface area contributed by atoms with Crippen LogP contribution in [0.3, 0.4) is 0 Å². The molecule has 1 amide bonds. The molecule has 2 N–H and O–H groups in total. The van der Waals surface area contributed by atoms with E-state index in [0.29, 0.717) is 19.3 Å². The number of rotatable bonds is 4. The van der Waals surface area contributed by atoms with E-state index in [2.05, 4.69) is 5.32 Å². The van der Waals surface area contributed by atoms with Crippen LogP contribution in [0.25, 0.3) is 0 Å². The number of carbonyl (C=O) groups excluding carboxylic acids is 1. The maximum Gasteiger partial charge on any atom is 0.407 e. The number of amides is 1. The lowest BCUT2D eigenvalue weighted by molar-refractivity contribution is -0.0504. The van der Waals surface area contributed by atoms with Crippen LogP contribution in [-0.4, -0.2) is 35.4 Å². The number of aliphatic hydroxyl groups is 1. The van der Waals surface area contributed by atoms with Crippen LogP contribution in [0.5, 0.6) is 0 Å². The largest absolute Gasteiger partial charge is 0.444 e. The van der Waals surface area contributed by atoms with E-state index < -0.39 is 17.6 Å². The average Bonchev–Trinajstić information content (AvgIpc) is 2.25. The zero-order chi connectivity index (χ0) is 15.4. The van der Waals surface area contributed by atoms with E-state index in [1.807, 2.05) is 0 Å². The maximum absolute atomic E-state index is 13.2. The summed E-state index contributed by atoms with van der Waals surface area (Å²) in [5.41, 5.74) is -0.604. The molecule has 0 aromatic carbocycles. The third-order valence-corrected chi connectivity index (χ3v) is 3.47. The first kappa shape index (κ1) is 17.1. The molecule has 0 spiro atoms. The van der Waals surface area contributed by atoms with Gasteiger partial charge >= 0.3 is 6.09 Å². The van der Waals surface area contributed by atoms with E-state index in [1.165, 1.54) is 0 Å². The molecule has 1 rings (SSSR count). The Kier molecular flexibility index (Phi) is 5.74. The fourth-order valence-electron chi connectivity index (χ4n) is 2.49. The van der Waals surface area contributed by atoms with Gasteiger partial charge in [-0.1, -0.05) is 0 Å². The standard InChI is InChI=1S/C14H25F2NO3/c1-13(2,3)20-12(19)17-11(6-9-18)10-4-7-14(15,16)8-5-10/h10-11,18H,4-9H2,1-3H3,(H,17,19). The topological polar surface area (TPSA) is 58.6 Å². The molecule has 1 atom stereocenters. The SMILES string of the molecule is CC(C)(C)OC(=O)NC(CCO)C1CCC(F)(F)CC1. The number of alkyl carbamates (subject to hydrolysis) is 1. The summed E-state index contributed by atoms with van der Waals surface area (Å²) in [6.07, 6.45) is 0.190. The van der Waals surface area contributed by atoms with Crippen molar-refractivity contribution in [1.82, 2.24) is 5.32 Å². The highest BCUT2D eigenvalue weighted by Gasteiger charge is 2.38. The number of nitrogens with one attached hydrogen (secondary N) is 1. The molecule has 1 fully saturated rings. The highest BCUT2D eigenvalue weighted by atomic mass is 19.3. The summed E-state index contributed by atoms with van der Waals surface area (Å²) in [5, 5.41) is 11.8. The fraction of sp³-hybridized carbons (Fsp3) is 0.929. The predicted octanol–water partition coefficient (Wildman–Crippen LogP) is 3.09. The molecule has 0 aromatic rings. The molecule has 6 heteroatoms. The first-order chi connectivity index (χ1) is 9.13. The van der Waals surface area contributed by atoms with Crippen molar-refractivity contribution in [3.8, 4) is 0 Å². The van der Waals surface area contributed by atoms with Crippen molar-refractivity contribution in [2.45, 2.75) is 70.4 Å². The fourth-order valence-corrected chi connectivity index (χ4v) is 2.49. The number of alkyl halides is 2. The molecule has 1 aliphatic carbocycles. The Morgan fingerprint density at radius 2 is 1.95 bits per heavy atom. The maximum atomic E-state index is 13.2. The van der Waals surface area contributed by atoms with Crippen molar-refractivity contribution in [2.24, 2.45) is 5.92 Å². The summed E-state index contributed by atoms with van der Waals surface area (Å²) >= 11 is 0. The molecule has 1 aliphatic rings. The zero-order valence-corrected chi connectivity index (χ0v) is 12.4. The Morgan fingerprint density at radius 3 is 2.40 bits per heavy atom. The molecule has 0 aliphatic heterocycles. The van der Waals surface area contributed by atoms with Crippen LogP contribution in [0, 0.1) is 5.92 Å². The molecule has 0 aromatic heterocycles. The van der Waals surface area contributed by atoms with Crippen LogP contribution < -0.4 is 5.32 Å². The second-order valence-electron chi connectivity index (χ2n) is 6.46. The van der Waals surface area contributed by atoms with E-state index in [-0.39, 0.29) is 31.4 Å². The van der Waals surface area contributed by atoms with E-state index in [4.69, 9.17) is 9.84 Å². The van der Waals surface area contributed by atoms with Crippen LogP contribution >= 0.6 is 0 Å². The molecular formula is C14H25F2NO3. The van der Waals surface area contributed by atoms with E-state index >= 15 is 0 Å². The van der Waals surface area contributed by atoms with Crippen LogP contribution in [0.1, 0.15) is 52.9 Å². The monoisotopic (exact) mass is 293 g/mol. The summed E-state index contributed by atoms with van der Waals surface area (Å²) in [6, 6.07) is -0.314. The van der Waals surface area contributed by atoms with E-state index in [1.54, 1.807) is 20.8 Å². The van der Waals surface area contributed by atoms with Crippen LogP contribution in [0.2, 0.25) is 0 Å². The van der Waals surface area contributed by atoms with Gasteiger partial charge in [-0.3, -0.25) is 0 Å². The van der Waals surface area contributed by atoms with Gasteiger partial charge in [-0.15, -0.1) is 0 Å². The van der Waals surface area contributed by atoms with Crippen LogP contribution in [-0.2, 0) is 4.74 Å². The van der Waals surface area contributed by atoms with Gasteiger partial charge < -0.3 is 15.2 Å². The lowest BCUT2D eigenvalue weighted by Crippen LogP contribution is -2.45. The van der Waals surface area contributed by atoms with E-state index in [9.17, 15) is 13.6 Å². The lowest BCUT2D eigenvalue weighted by Gasteiger charge is -2.34. The van der Waals surface area contributed by atoms with Gasteiger partial charge in [0.1, 0.15) is 5.60 Å². The second kappa shape index (κ2) is 6.70. The summed E-state index contributed by atoms with van der Waals surface area (Å²) in [7, 11) is 0. The Hall–Kier alpha value is -0.910. The third kappa shape index (κ3) is 6.03. The minimum atomic E-state index is -2.59. The second-order valence-corrected chi connectivity index (χ2v) is 6.46. The summed E-state index contributed by atoms with van der Waals surface area (Å²) in [4.78, 5) is 11.8. The van der Waals surface area contributed by atoms with Crippen LogP contribution in [0.4, 0.5) is 13.6 Å². The number of halogens is 2. The molecule has 0 heterocycles. The Labute approximate surface area is 118 Å². The first-order valence-electron chi connectivity index (χ1n) is 7.11. The number of carbonyl (C=O) groups is 1. The molecule has 0 bridgehead atoms. The van der Waals surface area contributed by atoms with Crippen molar-refractivity contribution < 1.29 is 23.4 Å².